The van der Waals surface area contributed by atoms with Crippen molar-refractivity contribution >= 4 is 28.6 Å². The highest BCUT2D eigenvalue weighted by atomic mass is 32.2. The van der Waals surface area contributed by atoms with E-state index in [1.54, 1.807) is 0 Å². The lowest BCUT2D eigenvalue weighted by Gasteiger charge is -2.17. The lowest BCUT2D eigenvalue weighted by Crippen LogP contribution is -2.37. The average Bonchev–Trinajstić information content (AvgIpc) is 2.46. The molecular weight excluding hydrogens is 292 g/mol. The van der Waals surface area contributed by atoms with Crippen molar-refractivity contribution in [1.82, 2.24) is 10.3 Å². The average molecular weight is 316 g/mol. The number of hydrogen-bond acceptors (Lipinski definition) is 3. The number of benzene rings is 1. The Morgan fingerprint density at radius 1 is 1.23 bits per heavy atom. The van der Waals surface area contributed by atoms with Gasteiger partial charge in [0.25, 0.3) is 0 Å². The van der Waals surface area contributed by atoms with Crippen molar-refractivity contribution in [2.75, 3.05) is 5.75 Å². The van der Waals surface area contributed by atoms with E-state index in [1.807, 2.05) is 6.92 Å². The molecule has 0 aliphatic rings. The van der Waals surface area contributed by atoms with Crippen LogP contribution in [0.15, 0.2) is 29.3 Å². The number of rotatable bonds is 5. The Kier molecular flexibility index (Phi) is 5.46. The fraction of sp³-hybridized carbons (Fsp3) is 0.444. The van der Waals surface area contributed by atoms with Crippen LogP contribution in [0.25, 0.3) is 10.9 Å². The Bertz CT molecular complexity index is 682. The Hall–Kier alpha value is -1.55. The number of thioether (sulfide) groups is 1. The van der Waals surface area contributed by atoms with Crippen LogP contribution in [-0.2, 0) is 4.79 Å². The van der Waals surface area contributed by atoms with E-state index >= 15 is 0 Å². The molecule has 1 aromatic carbocycles. The van der Waals surface area contributed by atoms with Crippen molar-refractivity contribution in [1.29, 1.82) is 0 Å². The number of para-hydroxylation sites is 1. The Balaban J connectivity index is 2.09. The quantitative estimate of drug-likeness (QED) is 0.844. The molecule has 0 unspecified atom stereocenters. The Morgan fingerprint density at radius 3 is 2.64 bits per heavy atom. The van der Waals surface area contributed by atoms with Crippen LogP contribution in [0.2, 0.25) is 0 Å². The molecule has 2 aromatic rings. The summed E-state index contributed by atoms with van der Waals surface area (Å²) in [5.41, 5.74) is 3.40. The Morgan fingerprint density at radius 2 is 1.95 bits per heavy atom. The number of aromatic nitrogens is 1. The molecule has 0 saturated heterocycles. The molecule has 1 N–H and O–H groups in total. The summed E-state index contributed by atoms with van der Waals surface area (Å²) in [6.45, 7) is 10.4. The number of nitrogens with one attached hydrogen (secondary N) is 1. The summed E-state index contributed by atoms with van der Waals surface area (Å²) in [4.78, 5) is 16.7. The summed E-state index contributed by atoms with van der Waals surface area (Å²) in [5, 5.41) is 5.12. The van der Waals surface area contributed by atoms with Crippen LogP contribution < -0.4 is 5.32 Å². The monoisotopic (exact) mass is 316 g/mol. The summed E-state index contributed by atoms with van der Waals surface area (Å²) in [6, 6.07) is 8.48. The summed E-state index contributed by atoms with van der Waals surface area (Å²) >= 11 is 1.50. The second kappa shape index (κ2) is 7.14. The van der Waals surface area contributed by atoms with Crippen molar-refractivity contribution in [3.8, 4) is 0 Å². The fourth-order valence-electron chi connectivity index (χ4n) is 2.21. The molecule has 0 bridgehead atoms. The van der Waals surface area contributed by atoms with Gasteiger partial charge in [-0.2, -0.15) is 0 Å². The molecule has 0 saturated carbocycles. The van der Waals surface area contributed by atoms with Gasteiger partial charge in [0.1, 0.15) is 0 Å². The van der Waals surface area contributed by atoms with Crippen LogP contribution in [0.4, 0.5) is 0 Å². The number of hydrogen-bond donors (Lipinski definition) is 1. The highest BCUT2D eigenvalue weighted by molar-refractivity contribution is 7.99. The van der Waals surface area contributed by atoms with Gasteiger partial charge in [-0.1, -0.05) is 43.8 Å². The SMILES string of the molecule is Cc1cc(SCC(=O)N[C@H](C)C(C)C)nc2c(C)cccc12. The van der Waals surface area contributed by atoms with E-state index in [0.717, 1.165) is 10.5 Å². The third-order valence-corrected chi connectivity index (χ3v) is 4.88. The minimum absolute atomic E-state index is 0.0653. The van der Waals surface area contributed by atoms with Crippen LogP contribution in [0.1, 0.15) is 31.9 Å². The van der Waals surface area contributed by atoms with Crippen LogP contribution in [0.5, 0.6) is 0 Å². The molecule has 1 amide bonds. The van der Waals surface area contributed by atoms with Gasteiger partial charge >= 0.3 is 0 Å². The van der Waals surface area contributed by atoms with Gasteiger partial charge in [-0.15, -0.1) is 0 Å². The van der Waals surface area contributed by atoms with Crippen LogP contribution >= 0.6 is 11.8 Å². The number of carbonyl (C=O) groups excluding carboxylic acids is 1. The normalized spacial score (nSPS) is 12.6. The number of pyridine rings is 1. The first-order valence-corrected chi connectivity index (χ1v) is 8.66. The molecule has 1 atom stereocenters. The second-order valence-corrected chi connectivity index (χ2v) is 7.13. The van der Waals surface area contributed by atoms with E-state index < -0.39 is 0 Å². The summed E-state index contributed by atoms with van der Waals surface area (Å²) < 4.78 is 0. The zero-order valence-electron chi connectivity index (χ0n) is 13.9. The maximum atomic E-state index is 12.0. The first-order chi connectivity index (χ1) is 10.4. The van der Waals surface area contributed by atoms with Gasteiger partial charge in [-0.25, -0.2) is 4.98 Å². The van der Waals surface area contributed by atoms with E-state index in [4.69, 9.17) is 4.98 Å². The lowest BCUT2D eigenvalue weighted by molar-refractivity contribution is -0.119. The van der Waals surface area contributed by atoms with Crippen molar-refractivity contribution in [3.05, 3.63) is 35.4 Å². The first-order valence-electron chi connectivity index (χ1n) is 7.67. The maximum Gasteiger partial charge on any atom is 0.230 e. The number of fused-ring (bicyclic) bond motifs is 1. The predicted octanol–water partition coefficient (Wildman–Crippen LogP) is 4.10. The lowest BCUT2D eigenvalue weighted by atomic mass is 10.1. The molecule has 1 aromatic heterocycles. The van der Waals surface area contributed by atoms with Crippen molar-refractivity contribution < 1.29 is 4.79 Å². The minimum Gasteiger partial charge on any atom is -0.353 e. The van der Waals surface area contributed by atoms with Crippen LogP contribution in [0, 0.1) is 19.8 Å². The van der Waals surface area contributed by atoms with Crippen molar-refractivity contribution in [2.24, 2.45) is 5.92 Å². The molecule has 3 nitrogen and oxygen atoms in total. The molecule has 118 valence electrons. The van der Waals surface area contributed by atoms with Gasteiger partial charge in [0.15, 0.2) is 0 Å². The molecule has 4 heteroatoms. The van der Waals surface area contributed by atoms with E-state index in [9.17, 15) is 4.79 Å². The first kappa shape index (κ1) is 16.8. The molecule has 0 aliphatic heterocycles. The fourth-order valence-corrected chi connectivity index (χ4v) is 2.98. The molecule has 0 fully saturated rings. The Labute approximate surface area is 136 Å². The summed E-state index contributed by atoms with van der Waals surface area (Å²) in [6.07, 6.45) is 0. The molecule has 1 heterocycles. The van der Waals surface area contributed by atoms with E-state index in [1.165, 1.54) is 28.3 Å². The molecule has 0 aliphatic carbocycles. The van der Waals surface area contributed by atoms with Gasteiger partial charge < -0.3 is 5.32 Å². The van der Waals surface area contributed by atoms with Gasteiger partial charge in [0.2, 0.25) is 5.91 Å². The largest absolute Gasteiger partial charge is 0.353 e. The zero-order chi connectivity index (χ0) is 16.3. The van der Waals surface area contributed by atoms with Gasteiger partial charge in [-0.3, -0.25) is 4.79 Å². The number of carbonyl (C=O) groups is 1. The second-order valence-electron chi connectivity index (χ2n) is 6.14. The third kappa shape index (κ3) is 4.01. The predicted molar refractivity (Wildman–Crippen MR) is 94.4 cm³/mol. The minimum atomic E-state index is 0.0653. The molecule has 0 spiro atoms. The van der Waals surface area contributed by atoms with E-state index in [0.29, 0.717) is 11.7 Å². The number of amides is 1. The van der Waals surface area contributed by atoms with Crippen molar-refractivity contribution in [3.63, 3.8) is 0 Å². The number of nitrogens with zero attached hydrogens (tertiary/aromatic N) is 1. The van der Waals surface area contributed by atoms with Gasteiger partial charge in [0, 0.05) is 11.4 Å². The summed E-state index contributed by atoms with van der Waals surface area (Å²) in [7, 11) is 0. The topological polar surface area (TPSA) is 42.0 Å². The smallest absolute Gasteiger partial charge is 0.230 e. The third-order valence-electron chi connectivity index (χ3n) is 3.96. The molecule has 0 radical (unpaired) electrons. The van der Waals surface area contributed by atoms with Crippen LogP contribution in [-0.4, -0.2) is 22.7 Å². The maximum absolute atomic E-state index is 12.0. The highest BCUT2D eigenvalue weighted by Crippen LogP contribution is 2.25. The number of aryl methyl sites for hydroxylation is 2. The highest BCUT2D eigenvalue weighted by Gasteiger charge is 2.12. The van der Waals surface area contributed by atoms with Crippen LogP contribution in [0.3, 0.4) is 0 Å². The molecular formula is C18H24N2OS. The molecule has 22 heavy (non-hydrogen) atoms. The van der Waals surface area contributed by atoms with Gasteiger partial charge in [0.05, 0.1) is 16.3 Å². The van der Waals surface area contributed by atoms with E-state index in [2.05, 4.69) is 57.3 Å². The zero-order valence-corrected chi connectivity index (χ0v) is 14.8. The standard InChI is InChI=1S/C18H24N2OS/c1-11(2)14(5)19-16(21)10-22-17-9-13(4)15-8-6-7-12(3)18(15)20-17/h6-9,11,14H,10H2,1-5H3,(H,19,21)/t14-/m1/s1. The van der Waals surface area contributed by atoms with E-state index in [-0.39, 0.29) is 11.9 Å². The van der Waals surface area contributed by atoms with Crippen molar-refractivity contribution in [2.45, 2.75) is 45.7 Å². The molecule has 2 rings (SSSR count). The summed E-state index contributed by atoms with van der Waals surface area (Å²) in [5.74, 6) is 0.911. The van der Waals surface area contributed by atoms with Gasteiger partial charge in [-0.05, 0) is 43.9 Å².